The number of ether oxygens (including phenoxy) is 1. The summed E-state index contributed by atoms with van der Waals surface area (Å²) in [6.45, 7) is 3.30. The third-order valence-corrected chi connectivity index (χ3v) is 4.36. The zero-order valence-electron chi connectivity index (χ0n) is 15.7. The summed E-state index contributed by atoms with van der Waals surface area (Å²) in [5.41, 5.74) is 2.32. The van der Waals surface area contributed by atoms with Gasteiger partial charge in [-0.3, -0.25) is 4.79 Å². The third-order valence-electron chi connectivity index (χ3n) is 4.36. The molecule has 1 aromatic heterocycles. The summed E-state index contributed by atoms with van der Waals surface area (Å²) in [6, 6.07) is 12.5. The lowest BCUT2D eigenvalue weighted by molar-refractivity contribution is 0.0954. The van der Waals surface area contributed by atoms with Gasteiger partial charge in [0.05, 0.1) is 17.6 Å². The molecule has 0 aliphatic rings. The number of rotatable bonds is 9. The van der Waals surface area contributed by atoms with Gasteiger partial charge in [-0.15, -0.1) is 0 Å². The molecule has 0 radical (unpaired) electrons. The number of H-pyrrole nitrogens is 1. The maximum Gasteiger partial charge on any atom is 0.295 e. The average molecular weight is 387 g/mol. The molecular formula is C21H23F2N3O2. The second kappa shape index (κ2) is 9.30. The Hall–Kier alpha value is -2.96. The number of hydrogen-bond donors (Lipinski definition) is 2. The highest BCUT2D eigenvalue weighted by Crippen LogP contribution is 2.20. The van der Waals surface area contributed by atoms with Crippen LogP contribution in [0.25, 0.3) is 11.0 Å². The van der Waals surface area contributed by atoms with Crippen molar-refractivity contribution >= 4 is 16.9 Å². The summed E-state index contributed by atoms with van der Waals surface area (Å²) in [4.78, 5) is 18.6. The van der Waals surface area contributed by atoms with Crippen LogP contribution in [0.2, 0.25) is 0 Å². The van der Waals surface area contributed by atoms with Crippen LogP contribution in [0.4, 0.5) is 8.78 Å². The minimum Gasteiger partial charge on any atom is -0.494 e. The lowest BCUT2D eigenvalue weighted by atomic mass is 10.1. The van der Waals surface area contributed by atoms with Gasteiger partial charge in [-0.1, -0.05) is 25.5 Å². The van der Waals surface area contributed by atoms with Crippen LogP contribution in [0.1, 0.15) is 47.9 Å². The van der Waals surface area contributed by atoms with Gasteiger partial charge in [0.1, 0.15) is 5.75 Å². The van der Waals surface area contributed by atoms with Crippen LogP contribution >= 0.6 is 0 Å². The Morgan fingerprint density at radius 3 is 2.71 bits per heavy atom. The Morgan fingerprint density at radius 1 is 1.21 bits per heavy atom. The predicted octanol–water partition coefficient (Wildman–Crippen LogP) is 4.65. The van der Waals surface area contributed by atoms with Crippen molar-refractivity contribution in [2.75, 3.05) is 13.2 Å². The van der Waals surface area contributed by atoms with Gasteiger partial charge >= 0.3 is 0 Å². The molecule has 148 valence electrons. The highest BCUT2D eigenvalue weighted by atomic mass is 19.3. The first-order chi connectivity index (χ1) is 13.6. The molecule has 0 bridgehead atoms. The van der Waals surface area contributed by atoms with Crippen molar-refractivity contribution in [3.8, 4) is 5.75 Å². The van der Waals surface area contributed by atoms with Crippen molar-refractivity contribution < 1.29 is 18.3 Å². The van der Waals surface area contributed by atoms with Crippen LogP contribution in [0.3, 0.4) is 0 Å². The number of imidazole rings is 1. The fourth-order valence-corrected chi connectivity index (χ4v) is 2.78. The minimum atomic E-state index is -2.67. The molecule has 0 fully saturated rings. The number of amides is 1. The van der Waals surface area contributed by atoms with Crippen LogP contribution < -0.4 is 10.1 Å². The van der Waals surface area contributed by atoms with Crippen molar-refractivity contribution in [1.82, 2.24) is 15.3 Å². The topological polar surface area (TPSA) is 67.0 Å². The van der Waals surface area contributed by atoms with Crippen molar-refractivity contribution in [1.29, 1.82) is 0 Å². The molecule has 0 unspecified atom stereocenters. The van der Waals surface area contributed by atoms with E-state index in [0.29, 0.717) is 36.2 Å². The lowest BCUT2D eigenvalue weighted by Crippen LogP contribution is -2.25. The molecule has 3 rings (SSSR count). The standard InChI is InChI=1S/C21H23F2N3O2/c1-2-3-12-28-16-7-4-14(5-8-16)10-11-24-21(27)15-6-9-17-18(13-15)26-20(25-17)19(22)23/h4-9,13,19H,2-3,10-12H2,1H3,(H,24,27)(H,25,26). The number of carbonyl (C=O) groups excluding carboxylic acids is 1. The molecule has 0 spiro atoms. The van der Waals surface area contributed by atoms with E-state index in [-0.39, 0.29) is 5.91 Å². The van der Waals surface area contributed by atoms with E-state index < -0.39 is 12.2 Å². The van der Waals surface area contributed by atoms with E-state index in [1.807, 2.05) is 24.3 Å². The highest BCUT2D eigenvalue weighted by molar-refractivity contribution is 5.97. The molecular weight excluding hydrogens is 364 g/mol. The van der Waals surface area contributed by atoms with Gasteiger partial charge in [-0.2, -0.15) is 0 Å². The Labute approximate surface area is 162 Å². The number of benzene rings is 2. The van der Waals surface area contributed by atoms with Gasteiger partial charge in [-0.25, -0.2) is 13.8 Å². The summed E-state index contributed by atoms with van der Waals surface area (Å²) >= 11 is 0. The second-order valence-electron chi connectivity index (χ2n) is 6.51. The first kappa shape index (κ1) is 19.8. The van der Waals surface area contributed by atoms with Crippen LogP contribution in [0.5, 0.6) is 5.75 Å². The summed E-state index contributed by atoms with van der Waals surface area (Å²) < 4.78 is 31.1. The number of nitrogens with one attached hydrogen (secondary N) is 2. The van der Waals surface area contributed by atoms with E-state index in [0.717, 1.165) is 24.2 Å². The lowest BCUT2D eigenvalue weighted by Gasteiger charge is -2.08. The molecule has 0 aliphatic carbocycles. The number of aromatic amines is 1. The maximum atomic E-state index is 12.7. The predicted molar refractivity (Wildman–Crippen MR) is 104 cm³/mol. The molecule has 1 heterocycles. The third kappa shape index (κ3) is 5.06. The largest absolute Gasteiger partial charge is 0.494 e. The molecule has 2 aromatic carbocycles. The molecule has 5 nitrogen and oxygen atoms in total. The summed E-state index contributed by atoms with van der Waals surface area (Å²) in [5, 5.41) is 2.85. The molecule has 3 aromatic rings. The van der Waals surface area contributed by atoms with E-state index in [1.165, 1.54) is 6.07 Å². The SMILES string of the molecule is CCCCOc1ccc(CCNC(=O)c2ccc3nc(C(F)F)[nH]c3c2)cc1. The molecule has 0 aliphatic heterocycles. The van der Waals surface area contributed by atoms with E-state index in [1.54, 1.807) is 12.1 Å². The smallest absolute Gasteiger partial charge is 0.295 e. The summed E-state index contributed by atoms with van der Waals surface area (Å²) in [6.07, 6.45) is 0.135. The van der Waals surface area contributed by atoms with Gasteiger partial charge < -0.3 is 15.0 Å². The van der Waals surface area contributed by atoms with Gasteiger partial charge in [0.25, 0.3) is 12.3 Å². The molecule has 0 saturated heterocycles. The van der Waals surface area contributed by atoms with E-state index in [9.17, 15) is 13.6 Å². The second-order valence-corrected chi connectivity index (χ2v) is 6.51. The fourth-order valence-electron chi connectivity index (χ4n) is 2.78. The number of nitrogens with zero attached hydrogens (tertiary/aromatic N) is 1. The minimum absolute atomic E-state index is 0.255. The first-order valence-corrected chi connectivity index (χ1v) is 9.34. The van der Waals surface area contributed by atoms with Crippen LogP contribution in [-0.2, 0) is 6.42 Å². The Balaban J connectivity index is 1.52. The van der Waals surface area contributed by atoms with Gasteiger partial charge in [0, 0.05) is 12.1 Å². The van der Waals surface area contributed by atoms with Crippen LogP contribution in [-0.4, -0.2) is 29.0 Å². The number of fused-ring (bicyclic) bond motifs is 1. The number of unbranched alkanes of at least 4 members (excludes halogenated alkanes) is 1. The first-order valence-electron chi connectivity index (χ1n) is 9.34. The molecule has 2 N–H and O–H groups in total. The maximum absolute atomic E-state index is 12.7. The monoisotopic (exact) mass is 387 g/mol. The molecule has 1 amide bonds. The normalized spacial score (nSPS) is 11.1. The van der Waals surface area contributed by atoms with Crippen molar-refractivity contribution in [2.24, 2.45) is 0 Å². The molecule has 7 heteroatoms. The Morgan fingerprint density at radius 2 is 2.00 bits per heavy atom. The summed E-state index contributed by atoms with van der Waals surface area (Å²) in [7, 11) is 0. The zero-order chi connectivity index (χ0) is 19.9. The van der Waals surface area contributed by atoms with Crippen molar-refractivity contribution in [3.05, 3.63) is 59.4 Å². The number of hydrogen-bond acceptors (Lipinski definition) is 3. The average Bonchev–Trinajstić information content (AvgIpc) is 3.13. The number of aromatic nitrogens is 2. The van der Waals surface area contributed by atoms with Gasteiger partial charge in [0.15, 0.2) is 5.82 Å². The zero-order valence-corrected chi connectivity index (χ0v) is 15.7. The Bertz CT molecular complexity index is 923. The highest BCUT2D eigenvalue weighted by Gasteiger charge is 2.14. The number of halogens is 2. The number of alkyl halides is 2. The molecule has 0 atom stereocenters. The van der Waals surface area contributed by atoms with Gasteiger partial charge in [0.2, 0.25) is 0 Å². The fraction of sp³-hybridized carbons (Fsp3) is 0.333. The molecule has 0 saturated carbocycles. The van der Waals surface area contributed by atoms with Crippen LogP contribution in [0, 0.1) is 0 Å². The van der Waals surface area contributed by atoms with E-state index >= 15 is 0 Å². The van der Waals surface area contributed by atoms with Crippen LogP contribution in [0.15, 0.2) is 42.5 Å². The number of carbonyl (C=O) groups is 1. The van der Waals surface area contributed by atoms with Crippen molar-refractivity contribution in [3.63, 3.8) is 0 Å². The Kier molecular flexibility index (Phi) is 6.57. The van der Waals surface area contributed by atoms with Crippen molar-refractivity contribution in [2.45, 2.75) is 32.6 Å². The van der Waals surface area contributed by atoms with E-state index in [2.05, 4.69) is 22.2 Å². The van der Waals surface area contributed by atoms with Gasteiger partial charge in [-0.05, 0) is 48.7 Å². The quantitative estimate of drug-likeness (QED) is 0.525. The van der Waals surface area contributed by atoms with E-state index in [4.69, 9.17) is 4.74 Å². The molecule has 28 heavy (non-hydrogen) atoms. The summed E-state index contributed by atoms with van der Waals surface area (Å²) in [5.74, 6) is 0.196.